The Morgan fingerprint density at radius 3 is 2.95 bits per heavy atom. The molecule has 1 amide bonds. The maximum atomic E-state index is 11.3. The molecule has 1 atom stereocenters. The first-order valence-corrected chi connectivity index (χ1v) is 6.55. The second-order valence-corrected chi connectivity index (χ2v) is 4.80. The van der Waals surface area contributed by atoms with Crippen molar-refractivity contribution < 1.29 is 19.4 Å². The lowest BCUT2D eigenvalue weighted by atomic mass is 10.1. The number of hydrogen-bond acceptors (Lipinski definition) is 4. The van der Waals surface area contributed by atoms with Crippen molar-refractivity contribution in [1.82, 2.24) is 14.8 Å². The highest BCUT2D eigenvalue weighted by Gasteiger charge is 2.22. The Morgan fingerprint density at radius 2 is 2.29 bits per heavy atom. The normalized spacial score (nSPS) is 18.0. The molecule has 2 N–H and O–H groups in total. The molecule has 1 aromatic heterocycles. The molecule has 118 valence electrons. The quantitative estimate of drug-likeness (QED) is 0.811. The minimum Gasteiger partial charge on any atom is -0.465 e. The van der Waals surface area contributed by atoms with E-state index < -0.39 is 6.09 Å². The molecule has 2 heterocycles. The minimum atomic E-state index is -0.870. The summed E-state index contributed by atoms with van der Waals surface area (Å²) in [5, 5.41) is 12.3. The number of carbonyl (C=O) groups is 2. The van der Waals surface area contributed by atoms with Gasteiger partial charge in [0.15, 0.2) is 0 Å². The van der Waals surface area contributed by atoms with E-state index in [-0.39, 0.29) is 24.4 Å². The minimum absolute atomic E-state index is 0. The van der Waals surface area contributed by atoms with Crippen LogP contribution in [0.4, 0.5) is 4.79 Å². The lowest BCUT2D eigenvalue weighted by Gasteiger charge is -2.31. The van der Waals surface area contributed by atoms with Crippen LogP contribution in [0.15, 0.2) is 18.5 Å². The van der Waals surface area contributed by atoms with E-state index in [2.05, 4.69) is 10.1 Å². The van der Waals surface area contributed by atoms with Crippen LogP contribution in [0, 0.1) is 0 Å². The summed E-state index contributed by atoms with van der Waals surface area (Å²) in [6, 6.07) is 1.85. The molecule has 0 bridgehead atoms. The van der Waals surface area contributed by atoms with Gasteiger partial charge in [-0.15, -0.1) is 12.4 Å². The zero-order chi connectivity index (χ0) is 14.5. The summed E-state index contributed by atoms with van der Waals surface area (Å²) in [6.45, 7) is 2.43. The van der Waals surface area contributed by atoms with Crippen LogP contribution >= 0.6 is 12.4 Å². The van der Waals surface area contributed by atoms with Gasteiger partial charge >= 0.3 is 12.1 Å². The van der Waals surface area contributed by atoms with E-state index >= 15 is 0 Å². The summed E-state index contributed by atoms with van der Waals surface area (Å²) < 4.78 is 6.56. The van der Waals surface area contributed by atoms with Gasteiger partial charge in [-0.25, -0.2) is 9.59 Å². The smallest absolute Gasteiger partial charge is 0.407 e. The summed E-state index contributed by atoms with van der Waals surface area (Å²) in [5.41, 5.74) is 0.524. The van der Waals surface area contributed by atoms with Crippen LogP contribution in [0.3, 0.4) is 0 Å². The maximum Gasteiger partial charge on any atom is 0.407 e. The number of halogens is 1. The third-order valence-electron chi connectivity index (χ3n) is 3.43. The first-order chi connectivity index (χ1) is 9.60. The van der Waals surface area contributed by atoms with Gasteiger partial charge in [0.2, 0.25) is 0 Å². The number of carboxylic acid groups (broad SMARTS) is 1. The molecular formula is C13H20ClN3O4. The molecule has 1 aliphatic rings. The van der Waals surface area contributed by atoms with E-state index in [1.807, 2.05) is 10.8 Å². The van der Waals surface area contributed by atoms with Crippen molar-refractivity contribution in [2.75, 3.05) is 26.7 Å². The van der Waals surface area contributed by atoms with Crippen LogP contribution in [0.1, 0.15) is 16.8 Å². The Bertz CT molecular complexity index is 492. The number of rotatable bonds is 4. The zero-order valence-electron chi connectivity index (χ0n) is 11.8. The van der Waals surface area contributed by atoms with Gasteiger partial charge in [0.05, 0.1) is 12.7 Å². The van der Waals surface area contributed by atoms with Crippen LogP contribution < -0.4 is 5.32 Å². The number of carbonyl (C=O) groups excluding carboxylic acids is 1. The third kappa shape index (κ3) is 4.64. The van der Waals surface area contributed by atoms with Crippen molar-refractivity contribution in [2.24, 2.45) is 0 Å². The molecule has 0 spiro atoms. The first kappa shape index (κ1) is 17.3. The average molecular weight is 318 g/mol. The molecule has 0 aromatic carbocycles. The standard InChI is InChI=1S/C13H19N3O4.ClH/c1-20-12(17)10-2-5-15(8-10)6-3-11-9-16(13(18)19)7-4-14-11;/h2,5,8,11,14H,3-4,6-7,9H2,1H3,(H,18,19);1H/t11-;/m1./s1. The summed E-state index contributed by atoms with van der Waals surface area (Å²) in [4.78, 5) is 23.7. The van der Waals surface area contributed by atoms with E-state index in [1.54, 1.807) is 12.3 Å². The Kier molecular flexibility index (Phi) is 6.51. The molecule has 7 nitrogen and oxygen atoms in total. The number of amides is 1. The molecule has 1 saturated heterocycles. The molecule has 0 radical (unpaired) electrons. The molecule has 1 fully saturated rings. The molecule has 1 aromatic rings. The number of nitrogens with one attached hydrogen (secondary N) is 1. The zero-order valence-corrected chi connectivity index (χ0v) is 12.6. The lowest BCUT2D eigenvalue weighted by Crippen LogP contribution is -2.52. The fourth-order valence-corrected chi connectivity index (χ4v) is 2.32. The Balaban J connectivity index is 0.00000220. The first-order valence-electron chi connectivity index (χ1n) is 6.55. The molecular weight excluding hydrogens is 298 g/mol. The van der Waals surface area contributed by atoms with Crippen molar-refractivity contribution >= 4 is 24.5 Å². The highest BCUT2D eigenvalue weighted by atomic mass is 35.5. The summed E-state index contributed by atoms with van der Waals surface area (Å²) in [5.74, 6) is -0.350. The van der Waals surface area contributed by atoms with E-state index in [4.69, 9.17) is 5.11 Å². The van der Waals surface area contributed by atoms with Gasteiger partial charge in [0.25, 0.3) is 0 Å². The number of piperazine rings is 1. The van der Waals surface area contributed by atoms with Crippen LogP contribution in [0.2, 0.25) is 0 Å². The van der Waals surface area contributed by atoms with Gasteiger partial charge in [0, 0.05) is 44.6 Å². The van der Waals surface area contributed by atoms with E-state index in [0.29, 0.717) is 25.2 Å². The fourth-order valence-electron chi connectivity index (χ4n) is 2.32. The highest BCUT2D eigenvalue weighted by Crippen LogP contribution is 2.08. The molecule has 8 heteroatoms. The maximum absolute atomic E-state index is 11.3. The number of methoxy groups -OCH3 is 1. The second kappa shape index (κ2) is 7.90. The molecule has 1 aliphatic heterocycles. The van der Waals surface area contributed by atoms with E-state index in [0.717, 1.165) is 13.0 Å². The molecule has 0 aliphatic carbocycles. The van der Waals surface area contributed by atoms with Crippen LogP contribution in [0.5, 0.6) is 0 Å². The van der Waals surface area contributed by atoms with Crippen LogP contribution in [-0.2, 0) is 11.3 Å². The average Bonchev–Trinajstić information content (AvgIpc) is 2.93. The van der Waals surface area contributed by atoms with Crippen molar-refractivity contribution in [3.63, 3.8) is 0 Å². The largest absolute Gasteiger partial charge is 0.465 e. The van der Waals surface area contributed by atoms with Crippen molar-refractivity contribution in [3.05, 3.63) is 24.0 Å². The number of hydrogen-bond donors (Lipinski definition) is 2. The summed E-state index contributed by atoms with van der Waals surface area (Å²) >= 11 is 0. The van der Waals surface area contributed by atoms with E-state index in [9.17, 15) is 9.59 Å². The van der Waals surface area contributed by atoms with Crippen LogP contribution in [0.25, 0.3) is 0 Å². The van der Waals surface area contributed by atoms with Gasteiger partial charge < -0.3 is 24.6 Å². The fraction of sp³-hybridized carbons (Fsp3) is 0.538. The molecule has 0 unspecified atom stereocenters. The number of aryl methyl sites for hydroxylation is 1. The van der Waals surface area contributed by atoms with E-state index in [1.165, 1.54) is 12.0 Å². The monoisotopic (exact) mass is 317 g/mol. The number of esters is 1. The molecule has 0 saturated carbocycles. The van der Waals surface area contributed by atoms with Gasteiger partial charge in [-0.3, -0.25) is 0 Å². The number of ether oxygens (including phenoxy) is 1. The predicted molar refractivity (Wildman–Crippen MR) is 79.0 cm³/mol. The van der Waals surface area contributed by atoms with Gasteiger partial charge in [-0.2, -0.15) is 0 Å². The number of nitrogens with zero attached hydrogens (tertiary/aromatic N) is 2. The summed E-state index contributed by atoms with van der Waals surface area (Å²) in [6.07, 6.45) is 3.50. The van der Waals surface area contributed by atoms with Gasteiger partial charge in [0.1, 0.15) is 0 Å². The molecule has 21 heavy (non-hydrogen) atoms. The third-order valence-corrected chi connectivity index (χ3v) is 3.43. The summed E-state index contributed by atoms with van der Waals surface area (Å²) in [7, 11) is 1.35. The Hall–Kier alpha value is -1.73. The van der Waals surface area contributed by atoms with Gasteiger partial charge in [-0.1, -0.05) is 0 Å². The Labute approximate surface area is 129 Å². The Morgan fingerprint density at radius 1 is 1.52 bits per heavy atom. The number of aromatic nitrogens is 1. The van der Waals surface area contributed by atoms with Gasteiger partial charge in [-0.05, 0) is 12.5 Å². The van der Waals surface area contributed by atoms with Crippen molar-refractivity contribution in [3.8, 4) is 0 Å². The van der Waals surface area contributed by atoms with Crippen molar-refractivity contribution in [1.29, 1.82) is 0 Å². The molecule has 2 rings (SSSR count). The SMILES string of the molecule is COC(=O)c1ccn(CC[C@@H]2CN(C(=O)O)CCN2)c1.Cl. The second-order valence-electron chi connectivity index (χ2n) is 4.80. The van der Waals surface area contributed by atoms with Crippen LogP contribution in [-0.4, -0.2) is 59.4 Å². The topological polar surface area (TPSA) is 83.8 Å². The van der Waals surface area contributed by atoms with Crippen molar-refractivity contribution in [2.45, 2.75) is 19.0 Å². The predicted octanol–water partition coefficient (Wildman–Crippen LogP) is 1.04. The highest BCUT2D eigenvalue weighted by molar-refractivity contribution is 5.89. The lowest BCUT2D eigenvalue weighted by molar-refractivity contribution is 0.0600.